The van der Waals surface area contributed by atoms with Crippen molar-refractivity contribution < 1.29 is 24.2 Å². The second-order valence-corrected chi connectivity index (χ2v) is 10.3. The van der Waals surface area contributed by atoms with Crippen molar-refractivity contribution in [2.75, 3.05) is 5.75 Å². The number of benzene rings is 1. The molecule has 1 fully saturated rings. The molecule has 4 atom stereocenters. The summed E-state index contributed by atoms with van der Waals surface area (Å²) in [6, 6.07) is 7.58. The number of amides is 2. The minimum atomic E-state index is -1.10. The number of thioether (sulfide) groups is 2. The van der Waals surface area contributed by atoms with E-state index in [4.69, 9.17) is 17.0 Å². The Balaban J connectivity index is 1.68. The second-order valence-electron chi connectivity index (χ2n) is 7.77. The summed E-state index contributed by atoms with van der Waals surface area (Å²) in [5, 5.41) is 14.0. The van der Waals surface area contributed by atoms with Gasteiger partial charge in [0.25, 0.3) is 0 Å². The number of carboxylic acid groups (broad SMARTS) is 1. The minimum Gasteiger partial charge on any atom is -0.479 e. The van der Waals surface area contributed by atoms with Gasteiger partial charge in [0.2, 0.25) is 16.2 Å². The molecular formula is C22H26N2O5S3. The summed E-state index contributed by atoms with van der Waals surface area (Å²) in [6.45, 7) is 5.64. The lowest BCUT2D eigenvalue weighted by atomic mass is 9.93. The summed E-state index contributed by atoms with van der Waals surface area (Å²) in [4.78, 5) is 39.1. The van der Waals surface area contributed by atoms with Crippen LogP contribution in [0.5, 0.6) is 0 Å². The van der Waals surface area contributed by atoms with Gasteiger partial charge >= 0.3 is 5.97 Å². The van der Waals surface area contributed by atoms with Gasteiger partial charge in [0.05, 0.1) is 12.0 Å². The van der Waals surface area contributed by atoms with E-state index in [2.05, 4.69) is 5.32 Å². The Morgan fingerprint density at radius 1 is 1.31 bits per heavy atom. The zero-order chi connectivity index (χ0) is 23.4. The van der Waals surface area contributed by atoms with Crippen LogP contribution in [0.2, 0.25) is 0 Å². The van der Waals surface area contributed by atoms with Crippen molar-refractivity contribution in [3.63, 3.8) is 0 Å². The molecule has 2 aliphatic heterocycles. The molecule has 10 heteroatoms. The molecule has 0 bridgehead atoms. The standard InChI is InChI=1S/C22H26N2O5S3/c1-4-15(13-8-6-5-7-9-13)18(25)23-16-19(26)24-17(21(27)28)14(10-31-20(16)24)11-32-22(30)29-12(2)3/h5-10,12,15-17,20H,4,11H2,1-3H3,(H,23,25)(H,27,28)/t15?,16?,17?,20-/m1/s1. The van der Waals surface area contributed by atoms with Crippen LogP contribution >= 0.6 is 35.7 Å². The lowest BCUT2D eigenvalue weighted by Gasteiger charge is -2.51. The third kappa shape index (κ3) is 5.29. The highest BCUT2D eigenvalue weighted by Crippen LogP contribution is 2.41. The molecule has 0 radical (unpaired) electrons. The van der Waals surface area contributed by atoms with Gasteiger partial charge in [-0.1, -0.05) is 49.0 Å². The van der Waals surface area contributed by atoms with Crippen LogP contribution in [-0.4, -0.2) is 61.5 Å². The molecule has 2 heterocycles. The Kier molecular flexibility index (Phi) is 8.24. The van der Waals surface area contributed by atoms with Gasteiger partial charge in [-0.25, -0.2) is 4.79 Å². The van der Waals surface area contributed by atoms with Gasteiger partial charge in [0.1, 0.15) is 11.4 Å². The molecule has 3 rings (SSSR count). The van der Waals surface area contributed by atoms with Crippen LogP contribution in [0, 0.1) is 0 Å². The van der Waals surface area contributed by atoms with Gasteiger partial charge in [-0.05, 0) is 49.0 Å². The van der Waals surface area contributed by atoms with Gasteiger partial charge in [-0.15, -0.1) is 11.8 Å². The number of thiocarbonyl (C=S) groups is 1. The average Bonchev–Trinajstić information content (AvgIpc) is 2.76. The quantitative estimate of drug-likeness (QED) is 0.420. The second kappa shape index (κ2) is 10.7. The van der Waals surface area contributed by atoms with E-state index in [1.165, 1.54) is 28.4 Å². The molecule has 1 aromatic carbocycles. The number of aliphatic carboxylic acids is 1. The SMILES string of the molecule is CCC(C(=O)NC1C(=O)N2C(C(=O)O)C(CSC(=S)OC(C)C)=CS[C@H]12)c1ccccc1. The Morgan fingerprint density at radius 2 is 2.00 bits per heavy atom. The number of carboxylic acids is 1. The maximum atomic E-state index is 12.9. The van der Waals surface area contributed by atoms with E-state index in [1.807, 2.05) is 51.1 Å². The van der Waals surface area contributed by atoms with Crippen LogP contribution in [0.1, 0.15) is 38.7 Å². The van der Waals surface area contributed by atoms with Crippen molar-refractivity contribution in [1.82, 2.24) is 10.2 Å². The smallest absolute Gasteiger partial charge is 0.330 e. The van der Waals surface area contributed by atoms with Crippen molar-refractivity contribution in [3.05, 3.63) is 46.9 Å². The van der Waals surface area contributed by atoms with Crippen molar-refractivity contribution in [1.29, 1.82) is 0 Å². The van der Waals surface area contributed by atoms with Gasteiger partial charge < -0.3 is 20.1 Å². The fourth-order valence-corrected chi connectivity index (χ4v) is 6.19. The lowest BCUT2D eigenvalue weighted by molar-refractivity contribution is -0.160. The van der Waals surface area contributed by atoms with Gasteiger partial charge in [-0.3, -0.25) is 9.59 Å². The molecule has 0 aliphatic carbocycles. The number of carbonyl (C=O) groups excluding carboxylic acids is 2. The third-order valence-electron chi connectivity index (χ3n) is 5.22. The summed E-state index contributed by atoms with van der Waals surface area (Å²) in [7, 11) is 0. The van der Waals surface area contributed by atoms with E-state index < -0.39 is 23.4 Å². The summed E-state index contributed by atoms with van der Waals surface area (Å²) in [5.41, 5.74) is 1.46. The predicted octanol–water partition coefficient (Wildman–Crippen LogP) is 3.36. The van der Waals surface area contributed by atoms with E-state index in [9.17, 15) is 19.5 Å². The fraction of sp³-hybridized carbons (Fsp3) is 0.455. The van der Waals surface area contributed by atoms with E-state index in [1.54, 1.807) is 5.41 Å². The molecule has 32 heavy (non-hydrogen) atoms. The van der Waals surface area contributed by atoms with Crippen molar-refractivity contribution >= 4 is 57.9 Å². The number of hydrogen-bond acceptors (Lipinski definition) is 7. The third-order valence-corrected chi connectivity index (χ3v) is 7.69. The molecule has 2 aliphatic rings. The number of hydrogen-bond donors (Lipinski definition) is 2. The van der Waals surface area contributed by atoms with Crippen molar-refractivity contribution in [3.8, 4) is 0 Å². The first-order chi connectivity index (χ1) is 15.2. The van der Waals surface area contributed by atoms with Crippen molar-refractivity contribution in [2.24, 2.45) is 0 Å². The maximum Gasteiger partial charge on any atom is 0.330 e. The normalized spacial score (nSPS) is 23.0. The van der Waals surface area contributed by atoms with E-state index in [0.717, 1.165) is 5.56 Å². The van der Waals surface area contributed by atoms with Gasteiger partial charge in [-0.2, -0.15) is 0 Å². The van der Waals surface area contributed by atoms with Crippen LogP contribution in [0.15, 0.2) is 41.3 Å². The Morgan fingerprint density at radius 3 is 2.59 bits per heavy atom. The van der Waals surface area contributed by atoms with Crippen LogP contribution < -0.4 is 5.32 Å². The topological polar surface area (TPSA) is 95.9 Å². The molecule has 1 saturated heterocycles. The number of β-lactam (4-membered cyclic amide) rings is 1. The number of ether oxygens (including phenoxy) is 1. The highest BCUT2D eigenvalue weighted by Gasteiger charge is 2.56. The largest absolute Gasteiger partial charge is 0.479 e. The Labute approximate surface area is 201 Å². The number of carbonyl (C=O) groups is 3. The molecule has 7 nitrogen and oxygen atoms in total. The van der Waals surface area contributed by atoms with Crippen LogP contribution in [-0.2, 0) is 19.1 Å². The lowest BCUT2D eigenvalue weighted by Crippen LogP contribution is -2.74. The molecule has 3 unspecified atom stereocenters. The van der Waals surface area contributed by atoms with Crippen LogP contribution in [0.3, 0.4) is 0 Å². The summed E-state index contributed by atoms with van der Waals surface area (Å²) >= 11 is 7.74. The molecule has 0 spiro atoms. The number of nitrogens with one attached hydrogen (secondary N) is 1. The molecule has 2 amide bonds. The Hall–Kier alpha value is -2.04. The molecule has 0 saturated carbocycles. The van der Waals surface area contributed by atoms with Crippen LogP contribution in [0.4, 0.5) is 0 Å². The number of nitrogens with zero attached hydrogens (tertiary/aromatic N) is 1. The monoisotopic (exact) mass is 494 g/mol. The highest BCUT2D eigenvalue weighted by molar-refractivity contribution is 8.22. The average molecular weight is 495 g/mol. The summed E-state index contributed by atoms with van der Waals surface area (Å²) < 4.78 is 5.77. The van der Waals surface area contributed by atoms with Crippen molar-refractivity contribution in [2.45, 2.75) is 56.7 Å². The zero-order valence-corrected chi connectivity index (χ0v) is 20.5. The first kappa shape index (κ1) is 24.6. The highest BCUT2D eigenvalue weighted by atomic mass is 32.2. The minimum absolute atomic E-state index is 0.0616. The van der Waals surface area contributed by atoms with E-state index in [0.29, 0.717) is 22.1 Å². The van der Waals surface area contributed by atoms with Crippen LogP contribution in [0.25, 0.3) is 0 Å². The fourth-order valence-electron chi connectivity index (χ4n) is 3.71. The molecule has 0 aromatic heterocycles. The maximum absolute atomic E-state index is 12.9. The predicted molar refractivity (Wildman–Crippen MR) is 130 cm³/mol. The van der Waals surface area contributed by atoms with Gasteiger partial charge in [0, 0.05) is 5.75 Å². The Bertz CT molecular complexity index is 921. The first-order valence-corrected chi connectivity index (χ1v) is 12.7. The molecular weight excluding hydrogens is 468 g/mol. The van der Waals surface area contributed by atoms with E-state index >= 15 is 0 Å². The summed E-state index contributed by atoms with van der Waals surface area (Å²) in [6.07, 6.45) is 0.531. The number of rotatable bonds is 8. The number of fused-ring (bicyclic) bond motifs is 1. The molecule has 2 N–H and O–H groups in total. The summed E-state index contributed by atoms with van der Waals surface area (Å²) in [5.74, 6) is -1.78. The zero-order valence-electron chi connectivity index (χ0n) is 18.0. The van der Waals surface area contributed by atoms with E-state index in [-0.39, 0.29) is 23.8 Å². The molecule has 1 aromatic rings. The molecule has 172 valence electrons. The first-order valence-electron chi connectivity index (χ1n) is 10.3. The van der Waals surface area contributed by atoms with Gasteiger partial charge in [0.15, 0.2) is 6.04 Å².